The first-order chi connectivity index (χ1) is 8.66. The number of benzene rings is 1. The number of ether oxygens (including phenoxy) is 1. The molecule has 0 saturated carbocycles. The SMILES string of the molecule is CC(COc1ccc(Cl)cc1Cl)N1CCNCC1. The zero-order chi connectivity index (χ0) is 13.0. The van der Waals surface area contributed by atoms with E-state index in [-0.39, 0.29) is 0 Å². The van der Waals surface area contributed by atoms with Gasteiger partial charge >= 0.3 is 0 Å². The summed E-state index contributed by atoms with van der Waals surface area (Å²) < 4.78 is 5.75. The smallest absolute Gasteiger partial charge is 0.138 e. The molecule has 1 fully saturated rings. The summed E-state index contributed by atoms with van der Waals surface area (Å²) in [6.45, 7) is 7.05. The number of hydrogen-bond acceptors (Lipinski definition) is 3. The van der Waals surface area contributed by atoms with E-state index < -0.39 is 0 Å². The molecule has 1 saturated heterocycles. The van der Waals surface area contributed by atoms with Crippen LogP contribution in [0.15, 0.2) is 18.2 Å². The van der Waals surface area contributed by atoms with Crippen molar-refractivity contribution in [3.05, 3.63) is 28.2 Å². The highest BCUT2D eigenvalue weighted by Crippen LogP contribution is 2.27. The lowest BCUT2D eigenvalue weighted by Gasteiger charge is -2.32. The number of piperazine rings is 1. The molecule has 1 atom stereocenters. The summed E-state index contributed by atoms with van der Waals surface area (Å²) in [5.74, 6) is 0.697. The van der Waals surface area contributed by atoms with E-state index in [4.69, 9.17) is 27.9 Å². The van der Waals surface area contributed by atoms with E-state index in [1.54, 1.807) is 12.1 Å². The van der Waals surface area contributed by atoms with Gasteiger partial charge in [0.15, 0.2) is 0 Å². The Balaban J connectivity index is 1.86. The van der Waals surface area contributed by atoms with Crippen LogP contribution in [-0.2, 0) is 0 Å². The molecule has 1 N–H and O–H groups in total. The number of nitrogens with zero attached hydrogens (tertiary/aromatic N) is 1. The van der Waals surface area contributed by atoms with Crippen LogP contribution in [0.4, 0.5) is 0 Å². The molecule has 0 aliphatic carbocycles. The molecule has 0 radical (unpaired) electrons. The van der Waals surface area contributed by atoms with Crippen LogP contribution in [0.2, 0.25) is 10.0 Å². The maximum absolute atomic E-state index is 6.07. The summed E-state index contributed by atoms with van der Waals surface area (Å²) in [7, 11) is 0. The van der Waals surface area contributed by atoms with Crippen LogP contribution in [0.3, 0.4) is 0 Å². The zero-order valence-corrected chi connectivity index (χ0v) is 12.0. The molecule has 1 aliphatic heterocycles. The van der Waals surface area contributed by atoms with E-state index in [9.17, 15) is 0 Å². The second-order valence-electron chi connectivity index (χ2n) is 4.52. The summed E-state index contributed by atoms with van der Waals surface area (Å²) in [5, 5.41) is 4.53. The molecule has 0 aromatic heterocycles. The van der Waals surface area contributed by atoms with Crippen LogP contribution in [0.25, 0.3) is 0 Å². The predicted molar refractivity (Wildman–Crippen MR) is 75.9 cm³/mol. The molecule has 1 aliphatic rings. The fraction of sp³-hybridized carbons (Fsp3) is 0.538. The second kappa shape index (κ2) is 6.62. The average molecular weight is 289 g/mol. The van der Waals surface area contributed by atoms with Crippen LogP contribution in [-0.4, -0.2) is 43.7 Å². The molecule has 18 heavy (non-hydrogen) atoms. The first-order valence-electron chi connectivity index (χ1n) is 6.19. The Morgan fingerprint density at radius 3 is 2.72 bits per heavy atom. The van der Waals surface area contributed by atoms with Crippen molar-refractivity contribution in [2.75, 3.05) is 32.8 Å². The first-order valence-corrected chi connectivity index (χ1v) is 6.95. The molecule has 1 aromatic rings. The van der Waals surface area contributed by atoms with Crippen molar-refractivity contribution in [2.24, 2.45) is 0 Å². The van der Waals surface area contributed by atoms with E-state index in [1.807, 2.05) is 6.07 Å². The molecule has 1 heterocycles. The van der Waals surface area contributed by atoms with Crippen LogP contribution >= 0.6 is 23.2 Å². The standard InChI is InChI=1S/C13H18Cl2N2O/c1-10(17-6-4-16-5-7-17)9-18-13-3-2-11(14)8-12(13)15/h2-3,8,10,16H,4-7,9H2,1H3. The average Bonchev–Trinajstić information content (AvgIpc) is 2.38. The largest absolute Gasteiger partial charge is 0.490 e. The Morgan fingerprint density at radius 1 is 1.33 bits per heavy atom. The van der Waals surface area contributed by atoms with E-state index >= 15 is 0 Å². The third-order valence-corrected chi connectivity index (χ3v) is 3.68. The zero-order valence-electron chi connectivity index (χ0n) is 10.5. The van der Waals surface area contributed by atoms with Crippen molar-refractivity contribution in [1.29, 1.82) is 0 Å². The van der Waals surface area contributed by atoms with Gasteiger partial charge in [0.05, 0.1) is 5.02 Å². The van der Waals surface area contributed by atoms with Gasteiger partial charge in [-0.25, -0.2) is 0 Å². The highest BCUT2D eigenvalue weighted by Gasteiger charge is 2.17. The monoisotopic (exact) mass is 288 g/mol. The van der Waals surface area contributed by atoms with Gasteiger partial charge in [-0.1, -0.05) is 23.2 Å². The minimum absolute atomic E-state index is 0.388. The summed E-state index contributed by atoms with van der Waals surface area (Å²) in [6.07, 6.45) is 0. The molecule has 1 unspecified atom stereocenters. The van der Waals surface area contributed by atoms with E-state index in [0.29, 0.717) is 28.4 Å². The Kier molecular flexibility index (Phi) is 5.13. The van der Waals surface area contributed by atoms with Crippen LogP contribution in [0.5, 0.6) is 5.75 Å². The molecular formula is C13H18Cl2N2O. The van der Waals surface area contributed by atoms with Gasteiger partial charge in [0, 0.05) is 37.2 Å². The Bertz CT molecular complexity index is 395. The van der Waals surface area contributed by atoms with Gasteiger partial charge in [-0.2, -0.15) is 0 Å². The van der Waals surface area contributed by atoms with Gasteiger partial charge in [-0.15, -0.1) is 0 Å². The normalized spacial score (nSPS) is 18.6. The Hall–Kier alpha value is -0.480. The minimum Gasteiger partial charge on any atom is -0.490 e. The Labute approximate surface area is 118 Å². The molecule has 0 spiro atoms. The third kappa shape index (κ3) is 3.75. The third-order valence-electron chi connectivity index (χ3n) is 3.15. The maximum atomic E-state index is 6.07. The predicted octanol–water partition coefficient (Wildman–Crippen LogP) is 2.67. The number of nitrogens with one attached hydrogen (secondary N) is 1. The van der Waals surface area contributed by atoms with Crippen molar-refractivity contribution < 1.29 is 4.74 Å². The van der Waals surface area contributed by atoms with Gasteiger partial charge in [-0.3, -0.25) is 4.90 Å². The fourth-order valence-electron chi connectivity index (χ4n) is 2.03. The van der Waals surface area contributed by atoms with Crippen LogP contribution < -0.4 is 10.1 Å². The summed E-state index contributed by atoms with van der Waals surface area (Å²) in [6, 6.07) is 5.69. The minimum atomic E-state index is 0.388. The molecule has 1 aromatic carbocycles. The molecule has 3 nitrogen and oxygen atoms in total. The van der Waals surface area contributed by atoms with Crippen LogP contribution in [0.1, 0.15) is 6.92 Å². The number of hydrogen-bond donors (Lipinski definition) is 1. The van der Waals surface area contributed by atoms with Crippen molar-refractivity contribution in [1.82, 2.24) is 10.2 Å². The molecular weight excluding hydrogens is 271 g/mol. The van der Waals surface area contributed by atoms with Gasteiger partial charge in [0.1, 0.15) is 12.4 Å². The lowest BCUT2D eigenvalue weighted by molar-refractivity contribution is 0.132. The van der Waals surface area contributed by atoms with Crippen molar-refractivity contribution >= 4 is 23.2 Å². The molecule has 5 heteroatoms. The second-order valence-corrected chi connectivity index (χ2v) is 5.36. The molecule has 0 amide bonds. The molecule has 0 bridgehead atoms. The van der Waals surface area contributed by atoms with Gasteiger partial charge in [0.25, 0.3) is 0 Å². The lowest BCUT2D eigenvalue weighted by atomic mass is 10.2. The van der Waals surface area contributed by atoms with E-state index in [0.717, 1.165) is 26.2 Å². The van der Waals surface area contributed by atoms with Gasteiger partial charge in [0.2, 0.25) is 0 Å². The van der Waals surface area contributed by atoms with Crippen molar-refractivity contribution in [3.8, 4) is 5.75 Å². The Morgan fingerprint density at radius 2 is 2.06 bits per heavy atom. The van der Waals surface area contributed by atoms with Crippen molar-refractivity contribution in [3.63, 3.8) is 0 Å². The van der Waals surface area contributed by atoms with E-state index in [2.05, 4.69) is 17.1 Å². The number of halogens is 2. The highest BCUT2D eigenvalue weighted by atomic mass is 35.5. The lowest BCUT2D eigenvalue weighted by Crippen LogP contribution is -2.49. The van der Waals surface area contributed by atoms with Crippen molar-refractivity contribution in [2.45, 2.75) is 13.0 Å². The van der Waals surface area contributed by atoms with E-state index in [1.165, 1.54) is 0 Å². The van der Waals surface area contributed by atoms with Gasteiger partial charge < -0.3 is 10.1 Å². The topological polar surface area (TPSA) is 24.5 Å². The molecule has 2 rings (SSSR count). The first kappa shape index (κ1) is 13.9. The van der Waals surface area contributed by atoms with Crippen LogP contribution in [0, 0.1) is 0 Å². The van der Waals surface area contributed by atoms with Gasteiger partial charge in [-0.05, 0) is 25.1 Å². The fourth-order valence-corrected chi connectivity index (χ4v) is 2.49. The number of rotatable bonds is 4. The summed E-state index contributed by atoms with van der Waals surface area (Å²) in [4.78, 5) is 2.42. The maximum Gasteiger partial charge on any atom is 0.138 e. The highest BCUT2D eigenvalue weighted by molar-refractivity contribution is 6.35. The molecule has 100 valence electrons. The summed E-state index contributed by atoms with van der Waals surface area (Å²) in [5.41, 5.74) is 0. The quantitative estimate of drug-likeness (QED) is 0.922. The summed E-state index contributed by atoms with van der Waals surface area (Å²) >= 11 is 11.9.